The average molecular weight is 327 g/mol. The van der Waals surface area contributed by atoms with Crippen molar-refractivity contribution in [1.29, 1.82) is 5.41 Å². The molecule has 0 heterocycles. The minimum Gasteiger partial charge on any atom is -0.494 e. The Bertz CT molecular complexity index is 446. The summed E-state index contributed by atoms with van der Waals surface area (Å²) in [7, 11) is 0. The van der Waals surface area contributed by atoms with E-state index in [1.807, 2.05) is 26.0 Å². The lowest BCUT2D eigenvalue weighted by molar-refractivity contribution is 0.286. The summed E-state index contributed by atoms with van der Waals surface area (Å²) in [5.41, 5.74) is 7.68. The molecule has 0 radical (unpaired) electrons. The predicted octanol–water partition coefficient (Wildman–Crippen LogP) is 4.19. The zero-order valence-electron chi connectivity index (χ0n) is 12.1. The fourth-order valence-electron chi connectivity index (χ4n) is 1.83. The quantitative estimate of drug-likeness (QED) is 0.468. The number of aryl methyl sites for hydroxylation is 2. The molecule has 0 unspecified atom stereocenters. The summed E-state index contributed by atoms with van der Waals surface area (Å²) in [6.45, 7) is 8.75. The molecule has 0 atom stereocenters. The van der Waals surface area contributed by atoms with E-state index in [1.165, 1.54) is 11.1 Å². The SMILES string of the molecule is Cc1cc(OCCCC(C)(C)C(=N)N)cc(C)c1Br. The highest BCUT2D eigenvalue weighted by molar-refractivity contribution is 9.10. The molecule has 0 aliphatic heterocycles. The standard InChI is InChI=1S/C15H23BrN2O/c1-10-8-12(9-11(2)13(10)16)19-7-5-6-15(3,4)14(17)18/h8-9H,5-7H2,1-4H3,(H3,17,18). The second-order valence-electron chi connectivity index (χ2n) is 5.62. The van der Waals surface area contributed by atoms with Crippen LogP contribution in [-0.2, 0) is 0 Å². The molecule has 0 aromatic heterocycles. The van der Waals surface area contributed by atoms with E-state index in [0.717, 1.165) is 23.1 Å². The first-order chi connectivity index (χ1) is 8.74. The van der Waals surface area contributed by atoms with Crippen LogP contribution in [0.15, 0.2) is 16.6 Å². The van der Waals surface area contributed by atoms with Gasteiger partial charge in [0.2, 0.25) is 0 Å². The Morgan fingerprint density at radius 1 is 1.32 bits per heavy atom. The van der Waals surface area contributed by atoms with E-state index in [1.54, 1.807) is 0 Å². The van der Waals surface area contributed by atoms with Gasteiger partial charge in [-0.05, 0) is 49.9 Å². The fraction of sp³-hybridized carbons (Fsp3) is 0.533. The van der Waals surface area contributed by atoms with Gasteiger partial charge in [-0.25, -0.2) is 0 Å². The molecule has 19 heavy (non-hydrogen) atoms. The Morgan fingerprint density at radius 2 is 1.84 bits per heavy atom. The van der Waals surface area contributed by atoms with Gasteiger partial charge in [0.25, 0.3) is 0 Å². The maximum absolute atomic E-state index is 7.51. The molecule has 0 saturated carbocycles. The summed E-state index contributed by atoms with van der Waals surface area (Å²) >= 11 is 3.54. The van der Waals surface area contributed by atoms with E-state index in [2.05, 4.69) is 29.8 Å². The lowest BCUT2D eigenvalue weighted by Gasteiger charge is -2.22. The van der Waals surface area contributed by atoms with Crippen LogP contribution >= 0.6 is 15.9 Å². The minimum atomic E-state index is -0.241. The van der Waals surface area contributed by atoms with Gasteiger partial charge in [0.05, 0.1) is 12.4 Å². The molecule has 106 valence electrons. The Labute approximate surface area is 124 Å². The van der Waals surface area contributed by atoms with Crippen molar-refractivity contribution in [2.75, 3.05) is 6.61 Å². The highest BCUT2D eigenvalue weighted by Crippen LogP contribution is 2.27. The molecule has 4 heteroatoms. The first-order valence-electron chi connectivity index (χ1n) is 6.48. The number of halogens is 1. The molecule has 1 aromatic rings. The molecule has 0 fully saturated rings. The normalized spacial score (nSPS) is 11.4. The van der Waals surface area contributed by atoms with Crippen LogP contribution in [0.2, 0.25) is 0 Å². The number of hydrogen-bond acceptors (Lipinski definition) is 2. The van der Waals surface area contributed by atoms with Crippen LogP contribution in [0.3, 0.4) is 0 Å². The second kappa shape index (κ2) is 6.42. The smallest absolute Gasteiger partial charge is 0.119 e. The summed E-state index contributed by atoms with van der Waals surface area (Å²) in [5, 5.41) is 7.51. The summed E-state index contributed by atoms with van der Waals surface area (Å²) in [5.74, 6) is 1.14. The van der Waals surface area contributed by atoms with Crippen molar-refractivity contribution in [2.45, 2.75) is 40.5 Å². The molecule has 1 rings (SSSR count). The molecule has 0 spiro atoms. The maximum Gasteiger partial charge on any atom is 0.119 e. The minimum absolute atomic E-state index is 0.239. The van der Waals surface area contributed by atoms with Crippen LogP contribution in [-0.4, -0.2) is 12.4 Å². The van der Waals surface area contributed by atoms with Crippen molar-refractivity contribution in [3.05, 3.63) is 27.7 Å². The molecular weight excluding hydrogens is 304 g/mol. The lowest BCUT2D eigenvalue weighted by Crippen LogP contribution is -2.31. The second-order valence-corrected chi connectivity index (χ2v) is 6.41. The molecule has 3 nitrogen and oxygen atoms in total. The highest BCUT2D eigenvalue weighted by Gasteiger charge is 2.20. The van der Waals surface area contributed by atoms with E-state index >= 15 is 0 Å². The van der Waals surface area contributed by atoms with Crippen molar-refractivity contribution in [3.8, 4) is 5.75 Å². The molecule has 0 aliphatic carbocycles. The third-order valence-corrected chi connectivity index (χ3v) is 4.60. The van der Waals surface area contributed by atoms with E-state index in [4.69, 9.17) is 15.9 Å². The van der Waals surface area contributed by atoms with Gasteiger partial charge in [0.1, 0.15) is 5.75 Å². The van der Waals surface area contributed by atoms with Gasteiger partial charge < -0.3 is 10.5 Å². The van der Waals surface area contributed by atoms with Crippen LogP contribution in [0.5, 0.6) is 5.75 Å². The molecular formula is C15H23BrN2O. The van der Waals surface area contributed by atoms with Gasteiger partial charge in [-0.3, -0.25) is 5.41 Å². The van der Waals surface area contributed by atoms with Crippen LogP contribution in [0.1, 0.15) is 37.8 Å². The lowest BCUT2D eigenvalue weighted by atomic mass is 9.87. The predicted molar refractivity (Wildman–Crippen MR) is 84.0 cm³/mol. The number of benzene rings is 1. The zero-order chi connectivity index (χ0) is 14.6. The number of amidine groups is 1. The van der Waals surface area contributed by atoms with Gasteiger partial charge in [0.15, 0.2) is 0 Å². The number of hydrogen-bond donors (Lipinski definition) is 2. The van der Waals surface area contributed by atoms with Crippen LogP contribution in [0.4, 0.5) is 0 Å². The Hall–Kier alpha value is -1.03. The molecule has 0 bridgehead atoms. The number of ether oxygens (including phenoxy) is 1. The first-order valence-corrected chi connectivity index (χ1v) is 7.27. The van der Waals surface area contributed by atoms with Crippen molar-refractivity contribution in [1.82, 2.24) is 0 Å². The van der Waals surface area contributed by atoms with Crippen LogP contribution < -0.4 is 10.5 Å². The third-order valence-electron chi connectivity index (χ3n) is 3.35. The highest BCUT2D eigenvalue weighted by atomic mass is 79.9. The monoisotopic (exact) mass is 326 g/mol. The topological polar surface area (TPSA) is 59.1 Å². The van der Waals surface area contributed by atoms with Gasteiger partial charge >= 0.3 is 0 Å². The summed E-state index contributed by atoms with van der Waals surface area (Å²) in [4.78, 5) is 0. The van der Waals surface area contributed by atoms with Crippen molar-refractivity contribution in [2.24, 2.45) is 11.1 Å². The van der Waals surface area contributed by atoms with E-state index in [0.29, 0.717) is 6.61 Å². The summed E-state index contributed by atoms with van der Waals surface area (Å²) in [6.07, 6.45) is 1.75. The first kappa shape index (κ1) is 16.0. The van der Waals surface area contributed by atoms with E-state index in [-0.39, 0.29) is 11.3 Å². The Kier molecular flexibility index (Phi) is 5.41. The largest absolute Gasteiger partial charge is 0.494 e. The average Bonchev–Trinajstić information content (AvgIpc) is 2.31. The van der Waals surface area contributed by atoms with Gasteiger partial charge in [-0.1, -0.05) is 29.8 Å². The van der Waals surface area contributed by atoms with Crippen molar-refractivity contribution < 1.29 is 4.74 Å². The zero-order valence-corrected chi connectivity index (χ0v) is 13.7. The molecule has 3 N–H and O–H groups in total. The van der Waals surface area contributed by atoms with Gasteiger partial charge in [-0.2, -0.15) is 0 Å². The third kappa shape index (κ3) is 4.53. The van der Waals surface area contributed by atoms with Gasteiger partial charge in [0, 0.05) is 9.89 Å². The summed E-state index contributed by atoms with van der Waals surface area (Å²) < 4.78 is 6.90. The molecule has 0 amide bonds. The molecule has 0 aliphatic rings. The fourth-order valence-corrected chi connectivity index (χ4v) is 2.06. The summed E-state index contributed by atoms with van der Waals surface area (Å²) in [6, 6.07) is 4.07. The van der Waals surface area contributed by atoms with E-state index < -0.39 is 0 Å². The Morgan fingerprint density at radius 3 is 2.32 bits per heavy atom. The Balaban J connectivity index is 2.49. The van der Waals surface area contributed by atoms with Crippen LogP contribution in [0.25, 0.3) is 0 Å². The molecule has 1 aromatic carbocycles. The van der Waals surface area contributed by atoms with E-state index in [9.17, 15) is 0 Å². The van der Waals surface area contributed by atoms with Crippen LogP contribution in [0, 0.1) is 24.7 Å². The van der Waals surface area contributed by atoms with Crippen molar-refractivity contribution >= 4 is 21.8 Å². The number of nitrogens with one attached hydrogen (secondary N) is 1. The van der Waals surface area contributed by atoms with Crippen molar-refractivity contribution in [3.63, 3.8) is 0 Å². The number of rotatable bonds is 6. The van der Waals surface area contributed by atoms with Gasteiger partial charge in [-0.15, -0.1) is 0 Å². The number of nitrogens with two attached hydrogens (primary N) is 1. The maximum atomic E-state index is 7.51. The molecule has 0 saturated heterocycles.